The second-order valence-electron chi connectivity index (χ2n) is 4.88. The minimum atomic E-state index is -4.03. The van der Waals surface area contributed by atoms with Crippen molar-refractivity contribution in [1.29, 1.82) is 0 Å². The van der Waals surface area contributed by atoms with Crippen LogP contribution in [0.15, 0.2) is 47.4 Å². The van der Waals surface area contributed by atoms with Crippen LogP contribution in [-0.4, -0.2) is 33.5 Å². The van der Waals surface area contributed by atoms with Crippen molar-refractivity contribution in [1.82, 2.24) is 0 Å². The fourth-order valence-electron chi connectivity index (χ4n) is 2.03. The summed E-state index contributed by atoms with van der Waals surface area (Å²) in [6.07, 6.45) is 0. The second-order valence-corrected chi connectivity index (χ2v) is 7.26. The van der Waals surface area contributed by atoms with Gasteiger partial charge in [-0.2, -0.15) is 0 Å². The average molecular weight is 385 g/mol. The van der Waals surface area contributed by atoms with Gasteiger partial charge in [-0.05, 0) is 30.3 Å². The smallest absolute Gasteiger partial charge is 0.337 e. The summed E-state index contributed by atoms with van der Waals surface area (Å²) in [7, 11) is -1.57. The highest BCUT2D eigenvalue weighted by atomic mass is 35.5. The molecule has 0 amide bonds. The quantitative estimate of drug-likeness (QED) is 0.445. The number of hydrogen-bond donors (Lipinski definition) is 0. The van der Waals surface area contributed by atoms with E-state index in [1.807, 2.05) is 0 Å². The number of nitro groups is 1. The molecule has 0 aromatic heterocycles. The first-order valence-electron chi connectivity index (χ1n) is 6.79. The highest BCUT2D eigenvalue weighted by Crippen LogP contribution is 2.31. The van der Waals surface area contributed by atoms with Crippen LogP contribution in [0.2, 0.25) is 5.02 Å². The third kappa shape index (κ3) is 3.72. The van der Waals surface area contributed by atoms with E-state index in [2.05, 4.69) is 4.74 Å². The Kier molecular flexibility index (Phi) is 5.29. The molecule has 0 heterocycles. The van der Waals surface area contributed by atoms with Crippen LogP contribution in [0.25, 0.3) is 0 Å². The Bertz CT molecular complexity index is 928. The van der Waals surface area contributed by atoms with Gasteiger partial charge in [0.25, 0.3) is 15.7 Å². The van der Waals surface area contributed by atoms with Crippen molar-refractivity contribution < 1.29 is 22.9 Å². The Morgan fingerprint density at radius 3 is 2.32 bits per heavy atom. The number of benzene rings is 2. The van der Waals surface area contributed by atoms with Crippen LogP contribution in [0.3, 0.4) is 0 Å². The number of hydrogen-bond acceptors (Lipinski definition) is 6. The van der Waals surface area contributed by atoms with Gasteiger partial charge in [-0.3, -0.25) is 14.4 Å². The number of methoxy groups -OCH3 is 1. The van der Waals surface area contributed by atoms with Gasteiger partial charge in [0.15, 0.2) is 0 Å². The zero-order valence-electron chi connectivity index (χ0n) is 13.2. The van der Waals surface area contributed by atoms with Crippen molar-refractivity contribution in [2.45, 2.75) is 4.90 Å². The lowest BCUT2D eigenvalue weighted by Crippen LogP contribution is -2.27. The summed E-state index contributed by atoms with van der Waals surface area (Å²) < 4.78 is 30.9. The van der Waals surface area contributed by atoms with E-state index < -0.39 is 20.9 Å². The van der Waals surface area contributed by atoms with Crippen molar-refractivity contribution in [3.63, 3.8) is 0 Å². The van der Waals surface area contributed by atoms with Crippen LogP contribution < -0.4 is 4.31 Å². The summed E-state index contributed by atoms with van der Waals surface area (Å²) >= 11 is 6.05. The summed E-state index contributed by atoms with van der Waals surface area (Å²) in [5.74, 6) is -0.640. The number of rotatable bonds is 5. The molecule has 0 bridgehead atoms. The van der Waals surface area contributed by atoms with Crippen LogP contribution in [0.1, 0.15) is 10.4 Å². The molecule has 0 fully saturated rings. The van der Waals surface area contributed by atoms with Crippen molar-refractivity contribution in [2.75, 3.05) is 18.5 Å². The number of sulfonamides is 1. The molecule has 0 aliphatic rings. The highest BCUT2D eigenvalue weighted by Gasteiger charge is 2.24. The van der Waals surface area contributed by atoms with Crippen LogP contribution in [0.4, 0.5) is 11.4 Å². The van der Waals surface area contributed by atoms with Gasteiger partial charge in [0.1, 0.15) is 0 Å². The molecular weight excluding hydrogens is 372 g/mol. The largest absolute Gasteiger partial charge is 0.465 e. The molecule has 0 aliphatic heterocycles. The van der Waals surface area contributed by atoms with Crippen LogP contribution in [-0.2, 0) is 14.8 Å². The molecule has 2 rings (SSSR count). The van der Waals surface area contributed by atoms with Gasteiger partial charge in [0, 0.05) is 19.2 Å². The van der Waals surface area contributed by atoms with Crippen molar-refractivity contribution in [3.8, 4) is 0 Å². The molecule has 0 unspecified atom stereocenters. The monoisotopic (exact) mass is 384 g/mol. The number of halogens is 1. The van der Waals surface area contributed by atoms with E-state index in [0.29, 0.717) is 0 Å². The van der Waals surface area contributed by atoms with Gasteiger partial charge >= 0.3 is 5.97 Å². The third-order valence-electron chi connectivity index (χ3n) is 3.41. The molecule has 132 valence electrons. The van der Waals surface area contributed by atoms with Crippen LogP contribution in [0.5, 0.6) is 0 Å². The van der Waals surface area contributed by atoms with Gasteiger partial charge < -0.3 is 4.74 Å². The first-order valence-corrected chi connectivity index (χ1v) is 8.61. The van der Waals surface area contributed by atoms with E-state index in [1.165, 1.54) is 32.4 Å². The fourth-order valence-corrected chi connectivity index (χ4v) is 3.53. The molecular formula is C15H13ClN2O6S. The zero-order chi connectivity index (χ0) is 18.8. The molecule has 25 heavy (non-hydrogen) atoms. The lowest BCUT2D eigenvalue weighted by molar-refractivity contribution is -0.384. The number of anilines is 1. The standard InChI is InChI=1S/C15H13ClN2O6S/c1-17(14-9-10(15(19)24-2)3-8-13(14)16)25(22,23)12-6-4-11(5-7-12)18(20)21/h3-9H,1-2H3. The van der Waals surface area contributed by atoms with E-state index in [9.17, 15) is 23.3 Å². The summed E-state index contributed by atoms with van der Waals surface area (Å²) in [5, 5.41) is 10.8. The van der Waals surface area contributed by atoms with Crippen molar-refractivity contribution in [2.24, 2.45) is 0 Å². The maximum Gasteiger partial charge on any atom is 0.337 e. The van der Waals surface area contributed by atoms with E-state index in [-0.39, 0.29) is 26.9 Å². The topological polar surface area (TPSA) is 107 Å². The van der Waals surface area contributed by atoms with Gasteiger partial charge in [-0.15, -0.1) is 0 Å². The maximum atomic E-state index is 12.7. The molecule has 10 heteroatoms. The number of esters is 1. The Labute approximate surface area is 148 Å². The number of carbonyl (C=O) groups excluding carboxylic acids is 1. The molecule has 0 saturated carbocycles. The van der Waals surface area contributed by atoms with Gasteiger partial charge in [0.2, 0.25) is 0 Å². The van der Waals surface area contributed by atoms with Crippen molar-refractivity contribution in [3.05, 3.63) is 63.2 Å². The number of carbonyl (C=O) groups is 1. The number of ether oxygens (including phenoxy) is 1. The summed E-state index contributed by atoms with van der Waals surface area (Å²) in [6.45, 7) is 0. The van der Waals surface area contributed by atoms with Gasteiger partial charge in [-0.25, -0.2) is 13.2 Å². The fraction of sp³-hybridized carbons (Fsp3) is 0.133. The summed E-state index contributed by atoms with van der Waals surface area (Å²) in [6, 6.07) is 8.51. The SMILES string of the molecule is COC(=O)c1ccc(Cl)c(N(C)S(=O)(=O)c2ccc([N+](=O)[O-])cc2)c1. The van der Waals surface area contributed by atoms with E-state index in [0.717, 1.165) is 28.6 Å². The Morgan fingerprint density at radius 1 is 1.20 bits per heavy atom. The maximum absolute atomic E-state index is 12.7. The predicted molar refractivity (Wildman–Crippen MR) is 91.5 cm³/mol. The number of nitro benzene ring substituents is 1. The third-order valence-corrected chi connectivity index (χ3v) is 5.52. The van der Waals surface area contributed by atoms with Crippen molar-refractivity contribution >= 4 is 39.0 Å². The first kappa shape index (κ1) is 18.7. The average Bonchev–Trinajstić information content (AvgIpc) is 2.60. The molecule has 0 spiro atoms. The Balaban J connectivity index is 2.46. The van der Waals surface area contributed by atoms with Gasteiger partial charge in [0.05, 0.1) is 33.2 Å². The molecule has 0 N–H and O–H groups in total. The Hall–Kier alpha value is -2.65. The Morgan fingerprint density at radius 2 is 1.80 bits per heavy atom. The second kappa shape index (κ2) is 7.08. The molecule has 0 atom stereocenters. The first-order chi connectivity index (χ1) is 11.7. The van der Waals surface area contributed by atoms with Crippen LogP contribution >= 0.6 is 11.6 Å². The highest BCUT2D eigenvalue weighted by molar-refractivity contribution is 7.92. The van der Waals surface area contributed by atoms with Crippen LogP contribution in [0, 0.1) is 10.1 Å². The zero-order valence-corrected chi connectivity index (χ0v) is 14.7. The molecule has 2 aromatic rings. The summed E-state index contributed by atoms with van der Waals surface area (Å²) in [5.41, 5.74) is -0.0251. The summed E-state index contributed by atoms with van der Waals surface area (Å²) in [4.78, 5) is 21.5. The van der Waals surface area contributed by atoms with E-state index >= 15 is 0 Å². The molecule has 2 aromatic carbocycles. The molecule has 0 aliphatic carbocycles. The van der Waals surface area contributed by atoms with Gasteiger partial charge in [-0.1, -0.05) is 11.6 Å². The lowest BCUT2D eigenvalue weighted by atomic mass is 10.2. The minimum Gasteiger partial charge on any atom is -0.465 e. The number of nitrogens with zero attached hydrogens (tertiary/aromatic N) is 2. The minimum absolute atomic E-state index is 0.0721. The predicted octanol–water partition coefficient (Wildman–Crippen LogP) is 2.86. The number of non-ortho nitro benzene ring substituents is 1. The van der Waals surface area contributed by atoms with E-state index in [4.69, 9.17) is 11.6 Å². The van der Waals surface area contributed by atoms with E-state index in [1.54, 1.807) is 0 Å². The molecule has 0 saturated heterocycles. The molecule has 0 radical (unpaired) electrons. The molecule has 8 nitrogen and oxygen atoms in total. The normalized spacial score (nSPS) is 11.0. The lowest BCUT2D eigenvalue weighted by Gasteiger charge is -2.21.